The Hall–Kier alpha value is -1.86. The topological polar surface area (TPSA) is 59.2 Å². The number of hydrogen-bond donors (Lipinski definition) is 1. The number of pyridine rings is 1. The molecule has 1 aromatic rings. The molecule has 0 aliphatic rings. The van der Waals surface area contributed by atoms with Crippen LogP contribution in [0.1, 0.15) is 29.8 Å². The number of aromatic nitrogens is 1. The third-order valence-electron chi connectivity index (χ3n) is 2.43. The van der Waals surface area contributed by atoms with Crippen molar-refractivity contribution in [1.29, 1.82) is 0 Å². The Balaban J connectivity index is 3.08. The van der Waals surface area contributed by atoms with Crippen LogP contribution in [0, 0.1) is 11.8 Å². The van der Waals surface area contributed by atoms with Crippen LogP contribution >= 0.6 is 0 Å². The second-order valence-electron chi connectivity index (χ2n) is 3.40. The van der Waals surface area contributed by atoms with Crippen LogP contribution in [-0.2, 0) is 0 Å². The van der Waals surface area contributed by atoms with Crippen LogP contribution in [0.4, 0.5) is 0 Å². The molecule has 1 rings (SSSR count). The summed E-state index contributed by atoms with van der Waals surface area (Å²) < 4.78 is 0. The minimum absolute atomic E-state index is 0.0151. The van der Waals surface area contributed by atoms with Gasteiger partial charge < -0.3 is 10.6 Å². The minimum atomic E-state index is -0.0151. The van der Waals surface area contributed by atoms with Crippen LogP contribution < -0.4 is 5.73 Å². The van der Waals surface area contributed by atoms with E-state index in [0.29, 0.717) is 24.2 Å². The Labute approximate surface area is 102 Å². The van der Waals surface area contributed by atoms with Gasteiger partial charge in [-0.15, -0.1) is 0 Å². The molecule has 17 heavy (non-hydrogen) atoms. The predicted molar refractivity (Wildman–Crippen MR) is 67.4 cm³/mol. The molecule has 4 nitrogen and oxygen atoms in total. The molecule has 0 aromatic carbocycles. The van der Waals surface area contributed by atoms with Gasteiger partial charge in [0, 0.05) is 25.5 Å². The summed E-state index contributed by atoms with van der Waals surface area (Å²) in [6.07, 6.45) is 3.20. The van der Waals surface area contributed by atoms with Crippen molar-refractivity contribution in [1.82, 2.24) is 9.88 Å². The Bertz CT molecular complexity index is 441. The van der Waals surface area contributed by atoms with E-state index in [1.807, 2.05) is 13.8 Å². The summed E-state index contributed by atoms with van der Waals surface area (Å²) in [5, 5.41) is 0. The number of carbonyl (C=O) groups excluding carboxylic acids is 1. The van der Waals surface area contributed by atoms with E-state index in [2.05, 4.69) is 16.8 Å². The molecule has 0 bridgehead atoms. The predicted octanol–water partition coefficient (Wildman–Crippen LogP) is 0.874. The Kier molecular flexibility index (Phi) is 5.18. The fourth-order valence-electron chi connectivity index (χ4n) is 1.51. The third-order valence-corrected chi connectivity index (χ3v) is 2.43. The van der Waals surface area contributed by atoms with Gasteiger partial charge in [-0.3, -0.25) is 9.78 Å². The molecule has 2 N–H and O–H groups in total. The third kappa shape index (κ3) is 3.30. The summed E-state index contributed by atoms with van der Waals surface area (Å²) in [4.78, 5) is 17.9. The molecule has 0 aliphatic carbocycles. The van der Waals surface area contributed by atoms with Gasteiger partial charge in [-0.2, -0.15) is 0 Å². The normalized spacial score (nSPS) is 9.35. The van der Waals surface area contributed by atoms with Gasteiger partial charge in [-0.1, -0.05) is 11.8 Å². The molecule has 0 unspecified atom stereocenters. The second-order valence-corrected chi connectivity index (χ2v) is 3.40. The quantitative estimate of drug-likeness (QED) is 0.785. The lowest BCUT2D eigenvalue weighted by atomic mass is 10.1. The van der Waals surface area contributed by atoms with E-state index in [0.717, 1.165) is 0 Å². The highest BCUT2D eigenvalue weighted by Gasteiger charge is 2.15. The Morgan fingerprint density at radius 3 is 2.76 bits per heavy atom. The molecular formula is C13H17N3O. The number of amides is 1. The number of nitrogens with zero attached hydrogens (tertiary/aromatic N) is 2. The van der Waals surface area contributed by atoms with Gasteiger partial charge in [-0.25, -0.2) is 0 Å². The first-order valence-electron chi connectivity index (χ1n) is 5.66. The van der Waals surface area contributed by atoms with Crippen LogP contribution in [0.3, 0.4) is 0 Å². The minimum Gasteiger partial charge on any atom is -0.339 e. The van der Waals surface area contributed by atoms with E-state index >= 15 is 0 Å². The second kappa shape index (κ2) is 6.66. The van der Waals surface area contributed by atoms with Crippen molar-refractivity contribution in [3.05, 3.63) is 29.6 Å². The number of hydrogen-bond acceptors (Lipinski definition) is 3. The molecule has 0 saturated heterocycles. The average Bonchev–Trinajstić information content (AvgIpc) is 2.38. The average molecular weight is 231 g/mol. The molecule has 1 amide bonds. The molecule has 0 aliphatic heterocycles. The van der Waals surface area contributed by atoms with E-state index in [1.165, 1.54) is 0 Å². The monoisotopic (exact) mass is 231 g/mol. The van der Waals surface area contributed by atoms with Crippen LogP contribution in [-0.4, -0.2) is 35.4 Å². The summed E-state index contributed by atoms with van der Waals surface area (Å²) in [6.45, 7) is 5.54. The van der Waals surface area contributed by atoms with Gasteiger partial charge >= 0.3 is 0 Å². The lowest BCUT2D eigenvalue weighted by Gasteiger charge is -2.19. The van der Waals surface area contributed by atoms with E-state index in [4.69, 9.17) is 5.73 Å². The highest BCUT2D eigenvalue weighted by atomic mass is 16.2. The van der Waals surface area contributed by atoms with Gasteiger partial charge in [0.25, 0.3) is 5.91 Å². The van der Waals surface area contributed by atoms with Gasteiger partial charge in [0.15, 0.2) is 0 Å². The van der Waals surface area contributed by atoms with E-state index < -0.39 is 0 Å². The standard InChI is InChI=1S/C13H17N3O/c1-3-16(4-2)13(17)12-7-9-15-10-11(12)6-5-8-14/h7,9-10H,3-4,8,14H2,1-2H3. The Morgan fingerprint density at radius 2 is 2.18 bits per heavy atom. The SMILES string of the molecule is CCN(CC)C(=O)c1ccncc1C#CCN. The van der Waals surface area contributed by atoms with Crippen LogP contribution in [0.2, 0.25) is 0 Å². The van der Waals surface area contributed by atoms with Crippen molar-refractivity contribution in [2.24, 2.45) is 5.73 Å². The van der Waals surface area contributed by atoms with Crippen LogP contribution in [0.5, 0.6) is 0 Å². The molecule has 0 radical (unpaired) electrons. The first kappa shape index (κ1) is 13.2. The van der Waals surface area contributed by atoms with Gasteiger partial charge in [0.1, 0.15) is 0 Å². The fraction of sp³-hybridized carbons (Fsp3) is 0.385. The van der Waals surface area contributed by atoms with Crippen molar-refractivity contribution in [3.8, 4) is 11.8 Å². The maximum atomic E-state index is 12.2. The summed E-state index contributed by atoms with van der Waals surface area (Å²) >= 11 is 0. The number of carbonyl (C=O) groups is 1. The molecule has 0 fully saturated rings. The summed E-state index contributed by atoms with van der Waals surface area (Å²) in [7, 11) is 0. The highest BCUT2D eigenvalue weighted by molar-refractivity contribution is 5.96. The largest absolute Gasteiger partial charge is 0.339 e. The summed E-state index contributed by atoms with van der Waals surface area (Å²) in [5.41, 5.74) is 6.55. The zero-order valence-corrected chi connectivity index (χ0v) is 10.2. The lowest BCUT2D eigenvalue weighted by Crippen LogP contribution is -2.31. The molecule has 1 aromatic heterocycles. The zero-order valence-electron chi connectivity index (χ0n) is 10.2. The van der Waals surface area contributed by atoms with E-state index in [1.54, 1.807) is 23.4 Å². The zero-order chi connectivity index (χ0) is 12.7. The maximum Gasteiger partial charge on any atom is 0.255 e. The van der Waals surface area contributed by atoms with Crippen molar-refractivity contribution in [2.75, 3.05) is 19.6 Å². The molecular weight excluding hydrogens is 214 g/mol. The van der Waals surface area contributed by atoms with Crippen molar-refractivity contribution >= 4 is 5.91 Å². The summed E-state index contributed by atoms with van der Waals surface area (Å²) in [5.74, 6) is 5.60. The molecule has 0 spiro atoms. The number of nitrogens with two attached hydrogens (primary N) is 1. The van der Waals surface area contributed by atoms with Crippen molar-refractivity contribution < 1.29 is 4.79 Å². The first-order chi connectivity index (χ1) is 8.24. The highest BCUT2D eigenvalue weighted by Crippen LogP contribution is 2.09. The maximum absolute atomic E-state index is 12.2. The van der Waals surface area contributed by atoms with E-state index in [9.17, 15) is 4.79 Å². The van der Waals surface area contributed by atoms with Gasteiger partial charge in [-0.05, 0) is 19.9 Å². The molecule has 90 valence electrons. The van der Waals surface area contributed by atoms with Crippen LogP contribution in [0.15, 0.2) is 18.5 Å². The van der Waals surface area contributed by atoms with Crippen molar-refractivity contribution in [3.63, 3.8) is 0 Å². The van der Waals surface area contributed by atoms with Crippen molar-refractivity contribution in [2.45, 2.75) is 13.8 Å². The van der Waals surface area contributed by atoms with Crippen LogP contribution in [0.25, 0.3) is 0 Å². The summed E-state index contributed by atoms with van der Waals surface area (Å²) in [6, 6.07) is 1.70. The molecule has 0 saturated carbocycles. The molecule has 0 atom stereocenters. The first-order valence-corrected chi connectivity index (χ1v) is 5.66. The van der Waals surface area contributed by atoms with E-state index in [-0.39, 0.29) is 12.5 Å². The molecule has 4 heteroatoms. The fourth-order valence-corrected chi connectivity index (χ4v) is 1.51. The smallest absolute Gasteiger partial charge is 0.255 e. The lowest BCUT2D eigenvalue weighted by molar-refractivity contribution is 0.0772. The van der Waals surface area contributed by atoms with Gasteiger partial charge in [0.2, 0.25) is 0 Å². The Morgan fingerprint density at radius 1 is 1.47 bits per heavy atom. The number of rotatable bonds is 3. The molecule has 1 heterocycles. The van der Waals surface area contributed by atoms with Gasteiger partial charge in [0.05, 0.1) is 17.7 Å².